The summed E-state index contributed by atoms with van der Waals surface area (Å²) in [7, 11) is 0. The highest BCUT2D eigenvalue weighted by atomic mass is 35.5. The molecule has 146 valence electrons. The molecule has 0 bridgehead atoms. The first-order chi connectivity index (χ1) is 13.5. The van der Waals surface area contributed by atoms with Crippen molar-refractivity contribution in [1.29, 1.82) is 0 Å². The van der Waals surface area contributed by atoms with Gasteiger partial charge in [-0.1, -0.05) is 35.3 Å². The van der Waals surface area contributed by atoms with Gasteiger partial charge in [0.25, 0.3) is 0 Å². The van der Waals surface area contributed by atoms with Gasteiger partial charge in [-0.05, 0) is 43.2 Å². The fraction of sp³-hybridized carbons (Fsp3) is 0.300. The Labute approximate surface area is 172 Å². The molecule has 28 heavy (non-hydrogen) atoms. The van der Waals surface area contributed by atoms with E-state index in [1.54, 1.807) is 18.2 Å². The Balaban J connectivity index is 1.37. The number of para-hydroxylation sites is 2. The maximum absolute atomic E-state index is 12.4. The summed E-state index contributed by atoms with van der Waals surface area (Å²) in [5.41, 5.74) is 2.27. The topological polar surface area (TPSA) is 70.1 Å². The van der Waals surface area contributed by atoms with Gasteiger partial charge >= 0.3 is 5.69 Å². The quantitative estimate of drug-likeness (QED) is 0.674. The summed E-state index contributed by atoms with van der Waals surface area (Å²) in [4.78, 5) is 29.7. The van der Waals surface area contributed by atoms with Crippen LogP contribution in [0.5, 0.6) is 0 Å². The van der Waals surface area contributed by atoms with Crippen molar-refractivity contribution in [3.8, 4) is 0 Å². The highest BCUT2D eigenvalue weighted by Gasteiger charge is 2.24. The minimum absolute atomic E-state index is 0.0743. The molecule has 1 aliphatic rings. The average Bonchev–Trinajstić information content (AvgIpc) is 3.00. The van der Waals surface area contributed by atoms with E-state index in [0.29, 0.717) is 15.7 Å². The first kappa shape index (κ1) is 19.1. The molecule has 1 amide bonds. The lowest BCUT2D eigenvalue weighted by molar-refractivity contribution is -0.117. The average molecular weight is 419 g/mol. The van der Waals surface area contributed by atoms with Crippen LogP contribution in [0.4, 0.5) is 5.69 Å². The second kappa shape index (κ2) is 7.99. The second-order valence-corrected chi connectivity index (χ2v) is 7.84. The number of hydrogen-bond donors (Lipinski definition) is 2. The predicted octanol–water partition coefficient (Wildman–Crippen LogP) is 3.91. The SMILES string of the molecule is O=C(CN1CCC(n2c(=O)[nH]c3ccccc32)CC1)Nc1ccc(Cl)cc1Cl. The van der Waals surface area contributed by atoms with E-state index in [0.717, 1.165) is 37.0 Å². The molecule has 8 heteroatoms. The number of carbonyl (C=O) groups excluding carboxylic acids is 1. The van der Waals surface area contributed by atoms with Crippen LogP contribution in [0.3, 0.4) is 0 Å². The standard InChI is InChI=1S/C20H20Cl2N4O2/c21-13-5-6-16(15(22)11-13)23-19(27)12-25-9-7-14(8-10-25)26-18-4-2-1-3-17(18)24-20(26)28/h1-6,11,14H,7-10,12H2,(H,23,27)(H,24,28). The highest BCUT2D eigenvalue weighted by molar-refractivity contribution is 6.36. The molecule has 2 N–H and O–H groups in total. The Morgan fingerprint density at radius 1 is 1.14 bits per heavy atom. The molecular formula is C20H20Cl2N4O2. The fourth-order valence-corrected chi connectivity index (χ4v) is 4.21. The lowest BCUT2D eigenvalue weighted by Gasteiger charge is -2.32. The van der Waals surface area contributed by atoms with E-state index in [2.05, 4.69) is 15.2 Å². The zero-order valence-corrected chi connectivity index (χ0v) is 16.6. The van der Waals surface area contributed by atoms with Crippen LogP contribution in [0, 0.1) is 0 Å². The maximum Gasteiger partial charge on any atom is 0.326 e. The third-order valence-corrected chi connectivity index (χ3v) is 5.67. The number of imidazole rings is 1. The van der Waals surface area contributed by atoms with Gasteiger partial charge in [-0.15, -0.1) is 0 Å². The van der Waals surface area contributed by atoms with Crippen LogP contribution in [-0.2, 0) is 4.79 Å². The summed E-state index contributed by atoms with van der Waals surface area (Å²) in [6.07, 6.45) is 1.63. The third-order valence-electron chi connectivity index (χ3n) is 5.12. The Morgan fingerprint density at radius 2 is 1.89 bits per heavy atom. The summed E-state index contributed by atoms with van der Waals surface area (Å²) >= 11 is 12.0. The van der Waals surface area contributed by atoms with E-state index in [4.69, 9.17) is 23.2 Å². The molecule has 1 fully saturated rings. The molecule has 0 saturated carbocycles. The number of H-pyrrole nitrogens is 1. The summed E-state index contributed by atoms with van der Waals surface area (Å²) in [5, 5.41) is 3.77. The van der Waals surface area contributed by atoms with E-state index in [-0.39, 0.29) is 24.2 Å². The number of rotatable bonds is 4. The number of halogens is 2. The summed E-state index contributed by atoms with van der Waals surface area (Å²) in [6, 6.07) is 12.8. The van der Waals surface area contributed by atoms with Crippen molar-refractivity contribution in [2.24, 2.45) is 0 Å². The van der Waals surface area contributed by atoms with Crippen LogP contribution in [0.1, 0.15) is 18.9 Å². The highest BCUT2D eigenvalue weighted by Crippen LogP contribution is 2.26. The number of piperidine rings is 1. The van der Waals surface area contributed by atoms with E-state index < -0.39 is 0 Å². The molecule has 0 atom stereocenters. The van der Waals surface area contributed by atoms with Gasteiger partial charge in [-0.2, -0.15) is 0 Å². The number of amides is 1. The number of nitrogens with one attached hydrogen (secondary N) is 2. The Hall–Kier alpha value is -2.28. The van der Waals surface area contributed by atoms with Crippen LogP contribution < -0.4 is 11.0 Å². The molecule has 4 rings (SSSR count). The third kappa shape index (κ3) is 3.94. The zero-order chi connectivity index (χ0) is 19.7. The van der Waals surface area contributed by atoms with Gasteiger partial charge in [0.05, 0.1) is 28.3 Å². The number of nitrogens with zero attached hydrogens (tertiary/aromatic N) is 2. The number of carbonyl (C=O) groups is 1. The largest absolute Gasteiger partial charge is 0.326 e. The molecular weight excluding hydrogens is 399 g/mol. The van der Waals surface area contributed by atoms with E-state index >= 15 is 0 Å². The van der Waals surface area contributed by atoms with Gasteiger partial charge in [0, 0.05) is 24.2 Å². The summed E-state index contributed by atoms with van der Waals surface area (Å²) < 4.78 is 1.85. The minimum atomic E-state index is -0.119. The lowest BCUT2D eigenvalue weighted by Crippen LogP contribution is -2.41. The summed E-state index contributed by atoms with van der Waals surface area (Å²) in [5.74, 6) is -0.119. The van der Waals surface area contributed by atoms with Crippen molar-refractivity contribution < 1.29 is 4.79 Å². The van der Waals surface area contributed by atoms with Gasteiger partial charge in [-0.25, -0.2) is 4.79 Å². The normalized spacial score (nSPS) is 15.8. The van der Waals surface area contributed by atoms with Crippen LogP contribution in [0.15, 0.2) is 47.3 Å². The molecule has 2 heterocycles. The molecule has 0 radical (unpaired) electrons. The van der Waals surface area contributed by atoms with Gasteiger partial charge in [0.2, 0.25) is 5.91 Å². The summed E-state index contributed by atoms with van der Waals surface area (Å²) in [6.45, 7) is 1.78. The minimum Gasteiger partial charge on any atom is -0.324 e. The molecule has 0 aliphatic carbocycles. The van der Waals surface area contributed by atoms with Crippen LogP contribution in [0.25, 0.3) is 11.0 Å². The van der Waals surface area contributed by atoms with Gasteiger partial charge < -0.3 is 10.3 Å². The second-order valence-electron chi connectivity index (χ2n) is 7.00. The van der Waals surface area contributed by atoms with E-state index in [1.807, 2.05) is 28.8 Å². The predicted molar refractivity (Wildman–Crippen MR) is 112 cm³/mol. The van der Waals surface area contributed by atoms with Gasteiger partial charge in [-0.3, -0.25) is 14.3 Å². The van der Waals surface area contributed by atoms with Crippen LogP contribution >= 0.6 is 23.2 Å². The van der Waals surface area contributed by atoms with Crippen molar-refractivity contribution in [2.45, 2.75) is 18.9 Å². The molecule has 1 aliphatic heterocycles. The van der Waals surface area contributed by atoms with E-state index in [1.165, 1.54) is 0 Å². The van der Waals surface area contributed by atoms with Gasteiger partial charge in [0.1, 0.15) is 0 Å². The molecule has 1 saturated heterocycles. The van der Waals surface area contributed by atoms with Crippen LogP contribution in [0.2, 0.25) is 10.0 Å². The first-order valence-corrected chi connectivity index (χ1v) is 9.93. The van der Waals surface area contributed by atoms with Gasteiger partial charge in [0.15, 0.2) is 0 Å². The maximum atomic E-state index is 12.4. The van der Waals surface area contributed by atoms with Crippen molar-refractivity contribution in [1.82, 2.24) is 14.5 Å². The van der Waals surface area contributed by atoms with Crippen molar-refractivity contribution in [2.75, 3.05) is 25.0 Å². The molecule has 3 aromatic rings. The number of fused-ring (bicyclic) bond motifs is 1. The molecule has 6 nitrogen and oxygen atoms in total. The number of benzene rings is 2. The smallest absolute Gasteiger partial charge is 0.324 e. The zero-order valence-electron chi connectivity index (χ0n) is 15.1. The Morgan fingerprint density at radius 3 is 2.64 bits per heavy atom. The first-order valence-electron chi connectivity index (χ1n) is 9.18. The monoisotopic (exact) mass is 418 g/mol. The molecule has 0 unspecified atom stereocenters. The Kier molecular flexibility index (Phi) is 5.44. The molecule has 2 aromatic carbocycles. The number of aromatic amines is 1. The lowest BCUT2D eigenvalue weighted by atomic mass is 10.0. The number of likely N-dealkylation sites (tertiary alicyclic amines) is 1. The molecule has 1 aromatic heterocycles. The number of hydrogen-bond acceptors (Lipinski definition) is 3. The Bertz CT molecular complexity index is 1070. The van der Waals surface area contributed by atoms with E-state index in [9.17, 15) is 9.59 Å². The number of aromatic nitrogens is 2. The van der Waals surface area contributed by atoms with Crippen molar-refractivity contribution in [3.05, 3.63) is 63.0 Å². The van der Waals surface area contributed by atoms with Crippen molar-refractivity contribution in [3.63, 3.8) is 0 Å². The fourth-order valence-electron chi connectivity index (χ4n) is 3.76. The molecule has 0 spiro atoms. The number of anilines is 1. The van der Waals surface area contributed by atoms with Crippen LogP contribution in [-0.4, -0.2) is 40.0 Å². The van der Waals surface area contributed by atoms with Crippen molar-refractivity contribution >= 4 is 45.8 Å².